The first kappa shape index (κ1) is 12.9. The standard InChI is InChI=1S/C11H9Cl2FN4/c1-5-9(15)10(18-11(13)16-5)17-8-3-2-6(14)4-7(8)12/h2-4H,15H2,1H3,(H,16,17,18). The summed E-state index contributed by atoms with van der Waals surface area (Å²) in [6.07, 6.45) is 0. The van der Waals surface area contributed by atoms with Crippen molar-refractivity contribution in [2.75, 3.05) is 11.1 Å². The quantitative estimate of drug-likeness (QED) is 0.829. The lowest BCUT2D eigenvalue weighted by atomic mass is 10.3. The highest BCUT2D eigenvalue weighted by Crippen LogP contribution is 2.29. The Hall–Kier alpha value is -1.59. The van der Waals surface area contributed by atoms with Gasteiger partial charge in [0, 0.05) is 0 Å². The van der Waals surface area contributed by atoms with E-state index in [0.717, 1.165) is 0 Å². The van der Waals surface area contributed by atoms with E-state index >= 15 is 0 Å². The number of halogens is 3. The molecule has 1 aromatic carbocycles. The van der Waals surface area contributed by atoms with Crippen molar-refractivity contribution in [2.24, 2.45) is 0 Å². The molecule has 2 aromatic rings. The first-order valence-corrected chi connectivity index (χ1v) is 5.74. The molecule has 0 saturated heterocycles. The fourth-order valence-corrected chi connectivity index (χ4v) is 1.79. The number of hydrogen-bond acceptors (Lipinski definition) is 4. The summed E-state index contributed by atoms with van der Waals surface area (Å²) in [7, 11) is 0. The van der Waals surface area contributed by atoms with Gasteiger partial charge in [-0.05, 0) is 36.7 Å². The lowest BCUT2D eigenvalue weighted by Crippen LogP contribution is -2.04. The minimum Gasteiger partial charge on any atom is -0.394 e. The third-order valence-corrected chi connectivity index (χ3v) is 2.77. The maximum atomic E-state index is 12.9. The van der Waals surface area contributed by atoms with E-state index in [0.29, 0.717) is 22.9 Å². The Balaban J connectivity index is 2.40. The van der Waals surface area contributed by atoms with E-state index in [-0.39, 0.29) is 10.3 Å². The van der Waals surface area contributed by atoms with Crippen molar-refractivity contribution in [3.05, 3.63) is 40.0 Å². The van der Waals surface area contributed by atoms with Gasteiger partial charge < -0.3 is 11.1 Å². The van der Waals surface area contributed by atoms with Gasteiger partial charge in [0.25, 0.3) is 0 Å². The molecule has 0 bridgehead atoms. The predicted octanol–water partition coefficient (Wildman–Crippen LogP) is 3.56. The Morgan fingerprint density at radius 2 is 2.00 bits per heavy atom. The average molecular weight is 287 g/mol. The van der Waals surface area contributed by atoms with Gasteiger partial charge in [-0.2, -0.15) is 4.98 Å². The lowest BCUT2D eigenvalue weighted by Gasteiger charge is -2.11. The molecular formula is C11H9Cl2FN4. The SMILES string of the molecule is Cc1nc(Cl)nc(Nc2ccc(F)cc2Cl)c1N. The second-order valence-electron chi connectivity index (χ2n) is 3.59. The summed E-state index contributed by atoms with van der Waals surface area (Å²) in [4.78, 5) is 7.87. The number of anilines is 3. The summed E-state index contributed by atoms with van der Waals surface area (Å²) in [5, 5.41) is 3.19. The molecule has 0 unspecified atom stereocenters. The zero-order valence-electron chi connectivity index (χ0n) is 9.34. The van der Waals surface area contributed by atoms with Crippen molar-refractivity contribution in [2.45, 2.75) is 6.92 Å². The van der Waals surface area contributed by atoms with Gasteiger partial charge in [0.05, 0.1) is 22.1 Å². The molecule has 2 rings (SSSR count). The predicted molar refractivity (Wildman–Crippen MR) is 70.9 cm³/mol. The highest BCUT2D eigenvalue weighted by Gasteiger charge is 2.10. The number of rotatable bonds is 2. The topological polar surface area (TPSA) is 63.8 Å². The summed E-state index contributed by atoms with van der Waals surface area (Å²) in [5.74, 6) is -0.0866. The minimum absolute atomic E-state index is 0.0717. The Morgan fingerprint density at radius 1 is 1.28 bits per heavy atom. The fourth-order valence-electron chi connectivity index (χ4n) is 1.36. The average Bonchev–Trinajstić information content (AvgIpc) is 2.29. The van der Waals surface area contributed by atoms with Crippen LogP contribution >= 0.6 is 23.2 Å². The molecule has 1 heterocycles. The van der Waals surface area contributed by atoms with Gasteiger partial charge in [-0.3, -0.25) is 0 Å². The number of benzene rings is 1. The number of nitrogens with two attached hydrogens (primary N) is 1. The number of nitrogens with one attached hydrogen (secondary N) is 1. The van der Waals surface area contributed by atoms with E-state index < -0.39 is 5.82 Å². The molecule has 7 heteroatoms. The first-order chi connectivity index (χ1) is 8.47. The van der Waals surface area contributed by atoms with Crippen LogP contribution in [0.5, 0.6) is 0 Å². The molecule has 94 valence electrons. The molecule has 0 amide bonds. The van der Waals surface area contributed by atoms with Gasteiger partial charge in [-0.15, -0.1) is 0 Å². The summed E-state index contributed by atoms with van der Waals surface area (Å²) in [6.45, 7) is 1.71. The largest absolute Gasteiger partial charge is 0.394 e. The molecule has 0 aliphatic heterocycles. The molecular weight excluding hydrogens is 278 g/mol. The van der Waals surface area contributed by atoms with Crippen LogP contribution in [-0.4, -0.2) is 9.97 Å². The van der Waals surface area contributed by atoms with Crippen LogP contribution in [0.1, 0.15) is 5.69 Å². The number of aryl methyl sites for hydroxylation is 1. The highest BCUT2D eigenvalue weighted by atomic mass is 35.5. The highest BCUT2D eigenvalue weighted by molar-refractivity contribution is 6.33. The normalized spacial score (nSPS) is 10.4. The number of aromatic nitrogens is 2. The Labute approximate surface area is 113 Å². The monoisotopic (exact) mass is 286 g/mol. The molecule has 0 saturated carbocycles. The van der Waals surface area contributed by atoms with Crippen LogP contribution in [-0.2, 0) is 0 Å². The maximum absolute atomic E-state index is 12.9. The van der Waals surface area contributed by atoms with Crippen LogP contribution in [0.25, 0.3) is 0 Å². The summed E-state index contributed by atoms with van der Waals surface area (Å²) < 4.78 is 12.9. The molecule has 0 aliphatic rings. The van der Waals surface area contributed by atoms with E-state index in [2.05, 4.69) is 15.3 Å². The Bertz CT molecular complexity index is 604. The molecule has 0 atom stereocenters. The van der Waals surface area contributed by atoms with Gasteiger partial charge in [0.15, 0.2) is 5.82 Å². The zero-order chi connectivity index (χ0) is 13.3. The van der Waals surface area contributed by atoms with Crippen LogP contribution in [0, 0.1) is 12.7 Å². The van der Waals surface area contributed by atoms with Crippen LogP contribution in [0.2, 0.25) is 10.3 Å². The Kier molecular flexibility index (Phi) is 3.54. The van der Waals surface area contributed by atoms with Crippen molar-refractivity contribution < 1.29 is 4.39 Å². The second-order valence-corrected chi connectivity index (χ2v) is 4.33. The third-order valence-electron chi connectivity index (χ3n) is 2.29. The van der Waals surface area contributed by atoms with Gasteiger partial charge >= 0.3 is 0 Å². The number of nitrogen functional groups attached to an aromatic ring is 1. The van der Waals surface area contributed by atoms with Crippen LogP contribution in [0.4, 0.5) is 21.6 Å². The third kappa shape index (κ3) is 2.63. The van der Waals surface area contributed by atoms with Crippen LogP contribution in [0.15, 0.2) is 18.2 Å². The van der Waals surface area contributed by atoms with Gasteiger partial charge in [0.1, 0.15) is 5.82 Å². The second kappa shape index (κ2) is 4.96. The minimum atomic E-state index is -0.421. The first-order valence-electron chi connectivity index (χ1n) is 4.99. The zero-order valence-corrected chi connectivity index (χ0v) is 10.8. The van der Waals surface area contributed by atoms with Crippen LogP contribution < -0.4 is 11.1 Å². The van der Waals surface area contributed by atoms with Crippen molar-refractivity contribution >= 4 is 40.4 Å². The summed E-state index contributed by atoms with van der Waals surface area (Å²) >= 11 is 11.6. The molecule has 4 nitrogen and oxygen atoms in total. The van der Waals surface area contributed by atoms with Gasteiger partial charge in [0.2, 0.25) is 5.28 Å². The fraction of sp³-hybridized carbons (Fsp3) is 0.0909. The molecule has 0 radical (unpaired) electrons. The molecule has 18 heavy (non-hydrogen) atoms. The van der Waals surface area contributed by atoms with E-state index in [1.807, 2.05) is 0 Å². The molecule has 0 aliphatic carbocycles. The molecule has 0 fully saturated rings. The van der Waals surface area contributed by atoms with E-state index in [4.69, 9.17) is 28.9 Å². The smallest absolute Gasteiger partial charge is 0.224 e. The van der Waals surface area contributed by atoms with Crippen molar-refractivity contribution in [1.82, 2.24) is 9.97 Å². The van der Waals surface area contributed by atoms with Crippen LogP contribution in [0.3, 0.4) is 0 Å². The number of nitrogens with zero attached hydrogens (tertiary/aromatic N) is 2. The molecule has 3 N–H and O–H groups in total. The van der Waals surface area contributed by atoms with E-state index in [1.165, 1.54) is 18.2 Å². The molecule has 1 aromatic heterocycles. The van der Waals surface area contributed by atoms with Crippen molar-refractivity contribution in [3.8, 4) is 0 Å². The number of hydrogen-bond donors (Lipinski definition) is 2. The van der Waals surface area contributed by atoms with E-state index in [1.54, 1.807) is 6.92 Å². The Morgan fingerprint density at radius 3 is 2.67 bits per heavy atom. The van der Waals surface area contributed by atoms with Crippen molar-refractivity contribution in [1.29, 1.82) is 0 Å². The maximum Gasteiger partial charge on any atom is 0.224 e. The summed E-state index contributed by atoms with van der Waals surface area (Å²) in [6, 6.07) is 3.96. The van der Waals surface area contributed by atoms with Crippen molar-refractivity contribution in [3.63, 3.8) is 0 Å². The van der Waals surface area contributed by atoms with Gasteiger partial charge in [-0.25, -0.2) is 9.37 Å². The van der Waals surface area contributed by atoms with E-state index in [9.17, 15) is 4.39 Å². The van der Waals surface area contributed by atoms with Gasteiger partial charge in [-0.1, -0.05) is 11.6 Å². The molecule has 0 spiro atoms. The lowest BCUT2D eigenvalue weighted by molar-refractivity contribution is 0.628. The summed E-state index contributed by atoms with van der Waals surface area (Å²) in [5.41, 5.74) is 7.21.